The van der Waals surface area contributed by atoms with Crippen LogP contribution in [0.3, 0.4) is 0 Å². The zero-order valence-electron chi connectivity index (χ0n) is 32.0. The topological polar surface area (TPSA) is 147 Å². The lowest BCUT2D eigenvalue weighted by Gasteiger charge is -2.36. The van der Waals surface area contributed by atoms with Crippen molar-refractivity contribution in [3.8, 4) is 17.4 Å². The number of hydrogen-bond donors (Lipinski definition) is 3. The number of rotatable bonds is 17. The van der Waals surface area contributed by atoms with E-state index in [0.717, 1.165) is 41.7 Å². The lowest BCUT2D eigenvalue weighted by atomic mass is 9.78. The van der Waals surface area contributed by atoms with Crippen LogP contribution in [-0.2, 0) is 10.2 Å². The Bertz CT molecular complexity index is 2040. The standard InChI is InChI=1S/C43H49N7O5/c1-27-25-46-41(47-27)40-45-20-19-39(49-40)55-35-17-12-31(13-18-35)43(3,4)30-10-15-34(16-11-30)54-36-22-33(23-36)48-32-14-9-29(26-52)37(24-32)42(53)50(6)38(8-7-21-51)28(2)44-5/h9-21,24,26-27,33,36,38,44,48H,2,7-8,22-23,25H2,1,3-6H3,(H,46,47)/t27?,33-,36+,38?. The molecule has 1 aromatic heterocycles. The van der Waals surface area contributed by atoms with Crippen molar-refractivity contribution in [3.05, 3.63) is 119 Å². The zero-order chi connectivity index (χ0) is 39.1. The number of anilines is 1. The van der Waals surface area contributed by atoms with E-state index in [0.29, 0.717) is 59.4 Å². The molecular formula is C43H49N7O5. The first-order valence-corrected chi connectivity index (χ1v) is 18.6. The van der Waals surface area contributed by atoms with Crippen molar-refractivity contribution in [2.75, 3.05) is 26.0 Å². The minimum Gasteiger partial charge on any atom is -0.490 e. The number of ether oxygens (including phenoxy) is 2. The van der Waals surface area contributed by atoms with Gasteiger partial charge in [0.25, 0.3) is 5.91 Å². The van der Waals surface area contributed by atoms with E-state index in [9.17, 15) is 14.4 Å². The van der Waals surface area contributed by atoms with Gasteiger partial charge >= 0.3 is 0 Å². The van der Waals surface area contributed by atoms with Crippen LogP contribution in [0, 0.1) is 0 Å². The van der Waals surface area contributed by atoms with Crippen LogP contribution in [0.2, 0.25) is 0 Å². The maximum absolute atomic E-state index is 13.6. The number of nitrogens with zero attached hydrogens (tertiary/aromatic N) is 4. The molecule has 2 unspecified atom stereocenters. The van der Waals surface area contributed by atoms with Gasteiger partial charge in [0, 0.05) is 80.1 Å². The van der Waals surface area contributed by atoms with Crippen molar-refractivity contribution in [1.29, 1.82) is 0 Å². The van der Waals surface area contributed by atoms with Gasteiger partial charge in [-0.15, -0.1) is 0 Å². The van der Waals surface area contributed by atoms with Gasteiger partial charge in [-0.05, 0) is 66.9 Å². The summed E-state index contributed by atoms with van der Waals surface area (Å²) in [5.74, 6) is 2.83. The van der Waals surface area contributed by atoms with Crippen molar-refractivity contribution in [3.63, 3.8) is 0 Å². The molecule has 2 heterocycles. The quantitative estimate of drug-likeness (QED) is 0.105. The highest BCUT2D eigenvalue weighted by Crippen LogP contribution is 2.35. The number of nitrogens with one attached hydrogen (secondary N) is 3. The van der Waals surface area contributed by atoms with E-state index in [4.69, 9.17) is 9.47 Å². The second-order valence-electron chi connectivity index (χ2n) is 14.7. The summed E-state index contributed by atoms with van der Waals surface area (Å²) in [7, 11) is 3.39. The number of aliphatic imine (C=N–C) groups is 1. The van der Waals surface area contributed by atoms with E-state index in [2.05, 4.69) is 82.5 Å². The fraction of sp³-hybridized carbons (Fsp3) is 0.349. The summed E-state index contributed by atoms with van der Waals surface area (Å²) >= 11 is 0. The molecule has 4 aromatic rings. The molecule has 6 rings (SSSR count). The number of likely N-dealkylation sites (N-methyl/N-ethyl adjacent to an activating group) is 2. The van der Waals surface area contributed by atoms with E-state index in [1.807, 2.05) is 30.3 Å². The third kappa shape index (κ3) is 9.02. The highest BCUT2D eigenvalue weighted by molar-refractivity contribution is 6.02. The van der Waals surface area contributed by atoms with Crippen molar-refractivity contribution in [2.45, 2.75) is 76.1 Å². The largest absolute Gasteiger partial charge is 0.490 e. The van der Waals surface area contributed by atoms with Crippen LogP contribution >= 0.6 is 0 Å². The maximum atomic E-state index is 13.6. The molecule has 1 aliphatic heterocycles. The zero-order valence-corrected chi connectivity index (χ0v) is 32.0. The van der Waals surface area contributed by atoms with E-state index in [1.165, 1.54) is 4.90 Å². The lowest BCUT2D eigenvalue weighted by molar-refractivity contribution is -0.108. The molecular weight excluding hydrogens is 695 g/mol. The van der Waals surface area contributed by atoms with Gasteiger partial charge in [0.05, 0.1) is 18.2 Å². The minimum absolute atomic E-state index is 0.0495. The molecule has 0 spiro atoms. The molecule has 3 N–H and O–H groups in total. The Labute approximate surface area is 322 Å². The summed E-state index contributed by atoms with van der Waals surface area (Å²) in [5, 5.41) is 9.76. The molecule has 3 aromatic carbocycles. The number of aldehydes is 2. The Morgan fingerprint density at radius 2 is 1.73 bits per heavy atom. The summed E-state index contributed by atoms with van der Waals surface area (Å²) in [6, 6.07) is 23.2. The van der Waals surface area contributed by atoms with Crippen LogP contribution < -0.4 is 25.4 Å². The number of amidine groups is 1. The Kier molecular flexibility index (Phi) is 11.9. The molecule has 1 saturated carbocycles. The van der Waals surface area contributed by atoms with E-state index in [-0.39, 0.29) is 35.9 Å². The summed E-state index contributed by atoms with van der Waals surface area (Å²) in [4.78, 5) is 51.3. The summed E-state index contributed by atoms with van der Waals surface area (Å²) in [6.07, 6.45) is 5.52. The molecule has 55 heavy (non-hydrogen) atoms. The van der Waals surface area contributed by atoms with Crippen molar-refractivity contribution >= 4 is 30.0 Å². The van der Waals surface area contributed by atoms with Crippen molar-refractivity contribution in [1.82, 2.24) is 25.5 Å². The first kappa shape index (κ1) is 38.7. The summed E-state index contributed by atoms with van der Waals surface area (Å²) in [6.45, 7) is 11.2. The molecule has 0 radical (unpaired) electrons. The van der Waals surface area contributed by atoms with E-state index >= 15 is 0 Å². The van der Waals surface area contributed by atoms with E-state index < -0.39 is 6.04 Å². The molecule has 2 atom stereocenters. The predicted molar refractivity (Wildman–Crippen MR) is 213 cm³/mol. The molecule has 12 heteroatoms. The van der Waals surface area contributed by atoms with Crippen LogP contribution in [0.4, 0.5) is 5.69 Å². The Hall–Kier alpha value is -6.04. The molecule has 12 nitrogen and oxygen atoms in total. The highest BCUT2D eigenvalue weighted by atomic mass is 16.5. The SMILES string of the molecule is C=C(NC)C(CCC=O)N(C)C(=O)c1cc(N[C@H]2C[C@@H](Oc3ccc(C(C)(C)c4ccc(Oc5ccnc(C6=NCC(C)N6)n5)cc4)cc3)C2)ccc1C=O. The van der Waals surface area contributed by atoms with Gasteiger partial charge in [-0.3, -0.25) is 14.6 Å². The highest BCUT2D eigenvalue weighted by Gasteiger charge is 2.32. The average Bonchev–Trinajstić information content (AvgIpc) is 3.63. The third-order valence-electron chi connectivity index (χ3n) is 10.4. The number of amides is 1. The lowest BCUT2D eigenvalue weighted by Crippen LogP contribution is -2.43. The van der Waals surface area contributed by atoms with Gasteiger partial charge < -0.3 is 35.1 Å². The van der Waals surface area contributed by atoms with Gasteiger partial charge in [-0.25, -0.2) is 4.98 Å². The van der Waals surface area contributed by atoms with Crippen LogP contribution in [0.5, 0.6) is 17.4 Å². The fourth-order valence-electron chi connectivity index (χ4n) is 6.85. The van der Waals surface area contributed by atoms with Crippen LogP contribution in [0.1, 0.15) is 84.1 Å². The monoisotopic (exact) mass is 743 g/mol. The predicted octanol–water partition coefficient (Wildman–Crippen LogP) is 6.32. The normalized spacial score (nSPS) is 18.1. The molecule has 286 valence electrons. The summed E-state index contributed by atoms with van der Waals surface area (Å²) < 4.78 is 12.4. The second-order valence-corrected chi connectivity index (χ2v) is 14.7. The van der Waals surface area contributed by atoms with Gasteiger partial charge in [-0.1, -0.05) is 44.7 Å². The molecule has 0 bridgehead atoms. The third-order valence-corrected chi connectivity index (χ3v) is 10.4. The van der Waals surface area contributed by atoms with Crippen LogP contribution in [-0.4, -0.2) is 84.1 Å². The molecule has 1 amide bonds. The maximum Gasteiger partial charge on any atom is 0.254 e. The van der Waals surface area contributed by atoms with Crippen LogP contribution in [0.15, 0.2) is 96.3 Å². The number of carbonyl (C=O) groups is 3. The fourth-order valence-corrected chi connectivity index (χ4v) is 6.85. The smallest absolute Gasteiger partial charge is 0.254 e. The second kappa shape index (κ2) is 17.0. The summed E-state index contributed by atoms with van der Waals surface area (Å²) in [5.41, 5.74) is 3.99. The van der Waals surface area contributed by atoms with Crippen molar-refractivity contribution in [2.24, 2.45) is 4.99 Å². The first-order chi connectivity index (χ1) is 26.5. The Morgan fingerprint density at radius 3 is 2.35 bits per heavy atom. The van der Waals surface area contributed by atoms with Gasteiger partial charge in [0.2, 0.25) is 5.88 Å². The Morgan fingerprint density at radius 1 is 1.04 bits per heavy atom. The van der Waals surface area contributed by atoms with Crippen molar-refractivity contribution < 1.29 is 23.9 Å². The van der Waals surface area contributed by atoms with Gasteiger partial charge in [-0.2, -0.15) is 4.98 Å². The van der Waals surface area contributed by atoms with Gasteiger partial charge in [0.1, 0.15) is 23.9 Å². The number of benzene rings is 3. The Balaban J connectivity index is 1.02. The molecule has 2 aliphatic rings. The van der Waals surface area contributed by atoms with E-state index in [1.54, 1.807) is 38.5 Å². The molecule has 1 aliphatic carbocycles. The van der Waals surface area contributed by atoms with Crippen LogP contribution in [0.25, 0.3) is 0 Å². The minimum atomic E-state index is -0.402. The molecule has 0 saturated heterocycles. The molecule has 1 fully saturated rings. The first-order valence-electron chi connectivity index (χ1n) is 18.6. The number of hydrogen-bond acceptors (Lipinski definition) is 11. The average molecular weight is 744 g/mol. The number of carbonyl (C=O) groups excluding carboxylic acids is 3. The van der Waals surface area contributed by atoms with Gasteiger partial charge in [0.15, 0.2) is 17.9 Å². The number of aromatic nitrogens is 2.